The van der Waals surface area contributed by atoms with Crippen molar-refractivity contribution in [2.24, 2.45) is 0 Å². The summed E-state index contributed by atoms with van der Waals surface area (Å²) in [5.74, 6) is 1.58. The molecule has 2 aromatic heterocycles. The predicted molar refractivity (Wildman–Crippen MR) is 162 cm³/mol. The summed E-state index contributed by atoms with van der Waals surface area (Å²) in [5.41, 5.74) is 5.69. The van der Waals surface area contributed by atoms with Crippen LogP contribution in [-0.4, -0.2) is 32.6 Å². The first-order chi connectivity index (χ1) is 19.3. The molecule has 2 heterocycles. The van der Waals surface area contributed by atoms with E-state index in [4.69, 9.17) is 33.0 Å². The molecule has 8 nitrogen and oxygen atoms in total. The van der Waals surface area contributed by atoms with E-state index in [9.17, 15) is 4.79 Å². The minimum Gasteiger partial charge on any atom is -0.494 e. The fourth-order valence-corrected chi connectivity index (χ4v) is 4.36. The van der Waals surface area contributed by atoms with Crippen molar-refractivity contribution in [1.82, 2.24) is 20.3 Å². The Labute approximate surface area is 241 Å². The Balaban J connectivity index is 1.22. The highest BCUT2D eigenvalue weighted by molar-refractivity contribution is 7.80. The highest BCUT2D eigenvalue weighted by Gasteiger charge is 2.11. The van der Waals surface area contributed by atoms with Crippen LogP contribution in [0.5, 0.6) is 5.75 Å². The molecular formula is C30H26ClN5O3S. The Morgan fingerprint density at radius 1 is 1.02 bits per heavy atom. The van der Waals surface area contributed by atoms with Gasteiger partial charge in [-0.3, -0.25) is 10.1 Å². The van der Waals surface area contributed by atoms with Crippen molar-refractivity contribution in [3.05, 3.63) is 94.7 Å². The van der Waals surface area contributed by atoms with Crippen molar-refractivity contribution in [3.8, 4) is 22.8 Å². The van der Waals surface area contributed by atoms with Gasteiger partial charge in [0.2, 0.25) is 5.91 Å². The fraction of sp³-hybridized carbons (Fsp3) is 0.133. The average molecular weight is 572 g/mol. The lowest BCUT2D eigenvalue weighted by molar-refractivity contribution is -0.115. The Kier molecular flexibility index (Phi) is 7.95. The number of nitrogens with zero attached hydrogens (tertiary/aromatic N) is 3. The first-order valence-electron chi connectivity index (χ1n) is 12.6. The van der Waals surface area contributed by atoms with E-state index in [1.54, 1.807) is 16.9 Å². The number of aryl methyl sites for hydroxylation is 2. The number of aromatic nitrogens is 3. The number of thiocarbonyl (C=S) groups is 1. The molecule has 0 aliphatic carbocycles. The van der Waals surface area contributed by atoms with Crippen molar-refractivity contribution in [1.29, 1.82) is 0 Å². The lowest BCUT2D eigenvalue weighted by atomic mass is 10.1. The van der Waals surface area contributed by atoms with Crippen LogP contribution in [0.4, 0.5) is 5.69 Å². The number of hydrogen-bond acceptors (Lipinski definition) is 6. The first kappa shape index (κ1) is 27.1. The third-order valence-corrected chi connectivity index (χ3v) is 6.68. The SMILES string of the molecule is CCOc1ccc(-n2nc3cc(C)c(NC(=S)NC(=O)/C=C/c4ccc(-c5ccc(C)c(Cl)c5)o4)cc3n2)cc1. The molecule has 40 heavy (non-hydrogen) atoms. The van der Waals surface area contributed by atoms with Gasteiger partial charge in [0.15, 0.2) is 5.11 Å². The Hall–Kier alpha value is -4.47. The van der Waals surface area contributed by atoms with E-state index in [1.165, 1.54) is 6.08 Å². The number of amides is 1. The van der Waals surface area contributed by atoms with Crippen LogP contribution in [0, 0.1) is 13.8 Å². The summed E-state index contributed by atoms with van der Waals surface area (Å²) < 4.78 is 11.3. The number of halogens is 1. The van der Waals surface area contributed by atoms with E-state index in [0.717, 1.165) is 33.6 Å². The van der Waals surface area contributed by atoms with Gasteiger partial charge in [-0.15, -0.1) is 10.2 Å². The fourth-order valence-electron chi connectivity index (χ4n) is 3.97. The normalized spacial score (nSPS) is 11.2. The van der Waals surface area contributed by atoms with Gasteiger partial charge in [0, 0.05) is 22.3 Å². The summed E-state index contributed by atoms with van der Waals surface area (Å²) in [6.45, 7) is 6.41. The van der Waals surface area contributed by atoms with E-state index in [1.807, 2.05) is 81.4 Å². The highest BCUT2D eigenvalue weighted by Crippen LogP contribution is 2.27. The third kappa shape index (κ3) is 6.22. The number of carbonyl (C=O) groups excluding carboxylic acids is 1. The summed E-state index contributed by atoms with van der Waals surface area (Å²) in [5, 5.41) is 15.7. The van der Waals surface area contributed by atoms with Gasteiger partial charge in [-0.1, -0.05) is 23.7 Å². The van der Waals surface area contributed by atoms with E-state index >= 15 is 0 Å². The Morgan fingerprint density at radius 2 is 1.77 bits per heavy atom. The molecule has 5 rings (SSSR count). The molecule has 5 aromatic rings. The number of benzene rings is 3. The van der Waals surface area contributed by atoms with Gasteiger partial charge in [0.25, 0.3) is 0 Å². The minimum absolute atomic E-state index is 0.158. The molecule has 10 heteroatoms. The number of anilines is 1. The van der Waals surface area contributed by atoms with Crippen molar-refractivity contribution in [3.63, 3.8) is 0 Å². The van der Waals surface area contributed by atoms with Crippen LogP contribution in [0.15, 0.2) is 77.2 Å². The van der Waals surface area contributed by atoms with Crippen molar-refractivity contribution in [2.45, 2.75) is 20.8 Å². The molecular weight excluding hydrogens is 546 g/mol. The molecule has 0 fully saturated rings. The van der Waals surface area contributed by atoms with Crippen LogP contribution >= 0.6 is 23.8 Å². The van der Waals surface area contributed by atoms with E-state index in [-0.39, 0.29) is 5.11 Å². The summed E-state index contributed by atoms with van der Waals surface area (Å²) >= 11 is 11.6. The molecule has 0 bridgehead atoms. The first-order valence-corrected chi connectivity index (χ1v) is 13.3. The quantitative estimate of drug-likeness (QED) is 0.162. The number of nitrogens with one attached hydrogen (secondary N) is 2. The Morgan fingerprint density at radius 3 is 2.50 bits per heavy atom. The van der Waals surface area contributed by atoms with Crippen LogP contribution in [0.2, 0.25) is 5.02 Å². The molecule has 1 amide bonds. The summed E-state index contributed by atoms with van der Waals surface area (Å²) in [6, 6.07) is 20.6. The zero-order valence-electron chi connectivity index (χ0n) is 22.1. The molecule has 3 aromatic carbocycles. The predicted octanol–water partition coefficient (Wildman–Crippen LogP) is 6.88. The van der Waals surface area contributed by atoms with E-state index < -0.39 is 5.91 Å². The van der Waals surface area contributed by atoms with Crippen LogP contribution in [-0.2, 0) is 4.79 Å². The van der Waals surface area contributed by atoms with Crippen molar-refractivity contribution in [2.75, 3.05) is 11.9 Å². The van der Waals surface area contributed by atoms with Crippen LogP contribution < -0.4 is 15.4 Å². The number of ether oxygens (including phenoxy) is 1. The van der Waals surface area contributed by atoms with E-state index in [0.29, 0.717) is 34.4 Å². The topological polar surface area (TPSA) is 94.2 Å². The lowest BCUT2D eigenvalue weighted by Crippen LogP contribution is -2.33. The number of carbonyl (C=O) groups is 1. The van der Waals surface area contributed by atoms with Gasteiger partial charge in [-0.25, -0.2) is 0 Å². The molecule has 0 radical (unpaired) electrons. The molecule has 0 saturated carbocycles. The monoisotopic (exact) mass is 571 g/mol. The largest absolute Gasteiger partial charge is 0.494 e. The molecule has 202 valence electrons. The highest BCUT2D eigenvalue weighted by atomic mass is 35.5. The summed E-state index contributed by atoms with van der Waals surface area (Å²) in [6.07, 6.45) is 2.94. The maximum absolute atomic E-state index is 12.5. The smallest absolute Gasteiger partial charge is 0.250 e. The third-order valence-electron chi connectivity index (χ3n) is 6.07. The summed E-state index contributed by atoms with van der Waals surface area (Å²) in [7, 11) is 0. The average Bonchev–Trinajstić information content (AvgIpc) is 3.57. The van der Waals surface area contributed by atoms with Gasteiger partial charge in [-0.2, -0.15) is 4.80 Å². The maximum Gasteiger partial charge on any atom is 0.250 e. The zero-order chi connectivity index (χ0) is 28.2. The second-order valence-corrected chi connectivity index (χ2v) is 9.83. The molecule has 0 unspecified atom stereocenters. The maximum atomic E-state index is 12.5. The minimum atomic E-state index is -0.394. The summed E-state index contributed by atoms with van der Waals surface area (Å²) in [4.78, 5) is 14.1. The number of hydrogen-bond donors (Lipinski definition) is 2. The molecule has 0 saturated heterocycles. The molecule has 0 aliphatic rings. The van der Waals surface area contributed by atoms with Gasteiger partial charge in [0.05, 0.1) is 12.3 Å². The van der Waals surface area contributed by atoms with Crippen molar-refractivity contribution >= 4 is 57.6 Å². The van der Waals surface area contributed by atoms with Crippen LogP contribution in [0.25, 0.3) is 34.1 Å². The van der Waals surface area contributed by atoms with Gasteiger partial charge in [-0.05, 0) is 105 Å². The zero-order valence-corrected chi connectivity index (χ0v) is 23.6. The number of fused-ring (bicyclic) bond motifs is 1. The Bertz CT molecular complexity index is 1740. The van der Waals surface area contributed by atoms with Gasteiger partial charge in [0.1, 0.15) is 28.3 Å². The second kappa shape index (κ2) is 11.7. The standard InChI is InChI=1S/C30H26ClN5O3S/c1-4-38-22-9-7-21(8-10-22)36-34-26-15-19(3)25(17-27(26)35-36)32-30(40)33-29(37)14-12-23-11-13-28(39-23)20-6-5-18(2)24(31)16-20/h5-17H,4H2,1-3H3,(H2,32,33,37,40)/b14-12+. The molecule has 2 N–H and O–H groups in total. The van der Waals surface area contributed by atoms with Gasteiger partial charge >= 0.3 is 0 Å². The van der Waals surface area contributed by atoms with E-state index in [2.05, 4.69) is 20.8 Å². The molecule has 0 aliphatic heterocycles. The van der Waals surface area contributed by atoms with Crippen LogP contribution in [0.3, 0.4) is 0 Å². The van der Waals surface area contributed by atoms with Crippen LogP contribution in [0.1, 0.15) is 23.8 Å². The van der Waals surface area contributed by atoms with Crippen molar-refractivity contribution < 1.29 is 13.9 Å². The number of furan rings is 1. The number of rotatable bonds is 7. The lowest BCUT2D eigenvalue weighted by Gasteiger charge is -2.10. The van der Waals surface area contributed by atoms with Gasteiger partial charge < -0.3 is 14.5 Å². The second-order valence-electron chi connectivity index (χ2n) is 9.01. The molecule has 0 atom stereocenters. The molecule has 0 spiro atoms.